The fraction of sp³-hybridized carbons (Fsp3) is 0.208. The highest BCUT2D eigenvalue weighted by Crippen LogP contribution is 2.35. The predicted molar refractivity (Wildman–Crippen MR) is 137 cm³/mol. The zero-order chi connectivity index (χ0) is 24.5. The molecule has 0 bridgehead atoms. The van der Waals surface area contributed by atoms with Crippen LogP contribution < -0.4 is 14.9 Å². The number of hydrazone groups is 1. The third kappa shape index (κ3) is 5.19. The Bertz CT molecular complexity index is 1330. The summed E-state index contributed by atoms with van der Waals surface area (Å²) >= 11 is 18.8. The van der Waals surface area contributed by atoms with E-state index in [4.69, 9.17) is 39.5 Å². The van der Waals surface area contributed by atoms with Crippen molar-refractivity contribution in [2.75, 3.05) is 7.11 Å². The Morgan fingerprint density at radius 1 is 1.06 bits per heavy atom. The van der Waals surface area contributed by atoms with Gasteiger partial charge in [-0.05, 0) is 53.9 Å². The standard InChI is InChI=1S/C24H22Cl3N3O3S/c1-14-4-3-5-19(26)24(14)34(31,32)30-23(18-11-8-16(25)12-20(18)27)22-13-21(28-29-22)15-6-9-17(33-2)10-7-15/h3-12,21,23,28,30H,13H2,1-2H3. The number of hydrogen-bond donors (Lipinski definition) is 2. The first kappa shape index (κ1) is 24.8. The van der Waals surface area contributed by atoms with Gasteiger partial charge in [0.05, 0.1) is 29.9 Å². The zero-order valence-corrected chi connectivity index (χ0v) is 21.4. The average Bonchev–Trinajstić information content (AvgIpc) is 3.28. The molecule has 2 atom stereocenters. The maximum atomic E-state index is 13.5. The third-order valence-electron chi connectivity index (χ3n) is 5.61. The minimum Gasteiger partial charge on any atom is -0.497 e. The van der Waals surface area contributed by atoms with E-state index in [9.17, 15) is 8.42 Å². The number of benzene rings is 3. The highest BCUT2D eigenvalue weighted by atomic mass is 35.5. The van der Waals surface area contributed by atoms with Crippen LogP contribution in [0, 0.1) is 6.92 Å². The number of methoxy groups -OCH3 is 1. The van der Waals surface area contributed by atoms with Crippen molar-refractivity contribution in [1.29, 1.82) is 0 Å². The number of ether oxygens (including phenoxy) is 1. The number of hydrogen-bond acceptors (Lipinski definition) is 5. The van der Waals surface area contributed by atoms with Crippen molar-refractivity contribution in [2.45, 2.75) is 30.3 Å². The van der Waals surface area contributed by atoms with Crippen molar-refractivity contribution in [1.82, 2.24) is 10.1 Å². The molecular formula is C24H22Cl3N3O3S. The molecule has 0 spiro atoms. The van der Waals surface area contributed by atoms with Gasteiger partial charge in [0.25, 0.3) is 0 Å². The van der Waals surface area contributed by atoms with Gasteiger partial charge in [-0.25, -0.2) is 8.42 Å². The fourth-order valence-corrected chi connectivity index (χ4v) is 6.44. The van der Waals surface area contributed by atoms with Gasteiger partial charge in [-0.3, -0.25) is 0 Å². The van der Waals surface area contributed by atoms with Gasteiger partial charge in [0, 0.05) is 16.5 Å². The van der Waals surface area contributed by atoms with E-state index in [2.05, 4.69) is 15.2 Å². The molecular weight excluding hydrogens is 517 g/mol. The smallest absolute Gasteiger partial charge is 0.243 e. The third-order valence-corrected chi connectivity index (χ3v) is 8.22. The van der Waals surface area contributed by atoms with E-state index in [1.54, 1.807) is 50.4 Å². The number of halogens is 3. The molecule has 3 aromatic rings. The van der Waals surface area contributed by atoms with Crippen LogP contribution in [0.15, 0.2) is 70.7 Å². The van der Waals surface area contributed by atoms with Gasteiger partial charge in [0.2, 0.25) is 10.0 Å². The van der Waals surface area contributed by atoms with Gasteiger partial charge < -0.3 is 10.2 Å². The van der Waals surface area contributed by atoms with E-state index < -0.39 is 16.1 Å². The summed E-state index contributed by atoms with van der Waals surface area (Å²) in [6, 6.07) is 16.5. The Hall–Kier alpha value is -2.29. The topological polar surface area (TPSA) is 79.8 Å². The second kappa shape index (κ2) is 10.1. The molecule has 2 unspecified atom stereocenters. The van der Waals surface area contributed by atoms with Gasteiger partial charge in [-0.1, -0.05) is 65.1 Å². The van der Waals surface area contributed by atoms with E-state index in [0.29, 0.717) is 33.3 Å². The highest BCUT2D eigenvalue weighted by molar-refractivity contribution is 7.89. The first-order valence-corrected chi connectivity index (χ1v) is 13.0. The maximum Gasteiger partial charge on any atom is 0.243 e. The number of nitrogens with zero attached hydrogens (tertiary/aromatic N) is 1. The molecule has 178 valence electrons. The van der Waals surface area contributed by atoms with Crippen molar-refractivity contribution < 1.29 is 13.2 Å². The minimum atomic E-state index is -4.02. The molecule has 6 nitrogen and oxygen atoms in total. The summed E-state index contributed by atoms with van der Waals surface area (Å²) in [4.78, 5) is 0.0185. The quantitative estimate of drug-likeness (QED) is 0.382. The normalized spacial score (nSPS) is 16.6. The lowest BCUT2D eigenvalue weighted by atomic mass is 9.96. The molecule has 3 aromatic carbocycles. The predicted octanol–water partition coefficient (Wildman–Crippen LogP) is 6.07. The summed E-state index contributed by atoms with van der Waals surface area (Å²) in [6.07, 6.45) is 0.458. The summed E-state index contributed by atoms with van der Waals surface area (Å²) in [6.45, 7) is 1.69. The SMILES string of the molecule is COc1ccc(C2CC(C(NS(=O)(=O)c3c(C)cccc3Cl)c3ccc(Cl)cc3Cl)=NN2)cc1. The van der Waals surface area contributed by atoms with Crippen molar-refractivity contribution >= 4 is 50.5 Å². The minimum absolute atomic E-state index is 0.0185. The second-order valence-electron chi connectivity index (χ2n) is 7.87. The van der Waals surface area contributed by atoms with Gasteiger partial charge in [-0.2, -0.15) is 9.82 Å². The van der Waals surface area contributed by atoms with Crippen molar-refractivity contribution in [2.24, 2.45) is 5.10 Å². The zero-order valence-electron chi connectivity index (χ0n) is 18.3. The van der Waals surface area contributed by atoms with Crippen molar-refractivity contribution in [3.8, 4) is 5.75 Å². The lowest BCUT2D eigenvalue weighted by Gasteiger charge is -2.22. The first-order valence-electron chi connectivity index (χ1n) is 10.4. The molecule has 1 aliphatic heterocycles. The summed E-state index contributed by atoms with van der Waals surface area (Å²) in [5.41, 5.74) is 5.75. The van der Waals surface area contributed by atoms with Crippen LogP contribution in [0.25, 0.3) is 0 Å². The lowest BCUT2D eigenvalue weighted by molar-refractivity contribution is 0.414. The Morgan fingerprint density at radius 3 is 2.44 bits per heavy atom. The highest BCUT2D eigenvalue weighted by Gasteiger charge is 2.33. The summed E-state index contributed by atoms with van der Waals surface area (Å²) in [5, 5.41) is 5.39. The van der Waals surface area contributed by atoms with Crippen LogP contribution in [0.2, 0.25) is 15.1 Å². The van der Waals surface area contributed by atoms with Crippen LogP contribution in [0.3, 0.4) is 0 Å². The number of sulfonamides is 1. The summed E-state index contributed by atoms with van der Waals surface area (Å²) < 4.78 is 34.9. The number of aryl methyl sites for hydroxylation is 1. The van der Waals surface area contributed by atoms with Crippen LogP contribution >= 0.6 is 34.8 Å². The molecule has 1 aliphatic rings. The number of nitrogens with one attached hydrogen (secondary N) is 2. The van der Waals surface area contributed by atoms with Crippen LogP contribution in [0.4, 0.5) is 0 Å². The first-order chi connectivity index (χ1) is 16.2. The number of rotatable bonds is 7. The van der Waals surface area contributed by atoms with Gasteiger partial charge in [0.15, 0.2) is 0 Å². The Kier molecular flexibility index (Phi) is 7.40. The van der Waals surface area contributed by atoms with Crippen molar-refractivity contribution in [3.63, 3.8) is 0 Å². The maximum absolute atomic E-state index is 13.5. The molecule has 1 heterocycles. The molecule has 0 amide bonds. The van der Waals surface area contributed by atoms with Gasteiger partial charge >= 0.3 is 0 Å². The molecule has 0 saturated carbocycles. The van der Waals surface area contributed by atoms with Crippen LogP contribution in [-0.4, -0.2) is 21.2 Å². The van der Waals surface area contributed by atoms with Crippen LogP contribution in [-0.2, 0) is 10.0 Å². The second-order valence-corrected chi connectivity index (χ2v) is 10.8. The van der Waals surface area contributed by atoms with Crippen LogP contribution in [0.5, 0.6) is 5.75 Å². The fourth-order valence-electron chi connectivity index (χ4n) is 3.89. The molecule has 0 saturated heterocycles. The van der Waals surface area contributed by atoms with E-state index in [-0.39, 0.29) is 16.0 Å². The molecule has 0 fully saturated rings. The Morgan fingerprint density at radius 2 is 1.79 bits per heavy atom. The molecule has 4 rings (SSSR count). The lowest BCUT2D eigenvalue weighted by Crippen LogP contribution is -2.34. The Balaban J connectivity index is 1.69. The molecule has 0 aliphatic carbocycles. The summed E-state index contributed by atoms with van der Waals surface area (Å²) in [5.74, 6) is 0.747. The molecule has 0 radical (unpaired) electrons. The molecule has 10 heteroatoms. The van der Waals surface area contributed by atoms with E-state index >= 15 is 0 Å². The molecule has 0 aromatic heterocycles. The molecule has 2 N–H and O–H groups in total. The van der Waals surface area contributed by atoms with E-state index in [1.165, 1.54) is 0 Å². The Labute approximate surface area is 213 Å². The summed E-state index contributed by atoms with van der Waals surface area (Å²) in [7, 11) is -2.41. The van der Waals surface area contributed by atoms with Crippen LogP contribution in [0.1, 0.15) is 35.2 Å². The van der Waals surface area contributed by atoms with E-state index in [0.717, 1.165) is 11.3 Å². The van der Waals surface area contributed by atoms with Gasteiger partial charge in [0.1, 0.15) is 10.6 Å². The monoisotopic (exact) mass is 537 g/mol. The molecule has 34 heavy (non-hydrogen) atoms. The van der Waals surface area contributed by atoms with Gasteiger partial charge in [-0.15, -0.1) is 0 Å². The largest absolute Gasteiger partial charge is 0.497 e. The van der Waals surface area contributed by atoms with Crippen molar-refractivity contribution in [3.05, 3.63) is 92.4 Å². The average molecular weight is 539 g/mol. The van der Waals surface area contributed by atoms with E-state index in [1.807, 2.05) is 24.3 Å².